The first-order valence-corrected chi connectivity index (χ1v) is 4.41. The minimum absolute atomic E-state index is 0.106. The summed E-state index contributed by atoms with van der Waals surface area (Å²) in [6.45, 7) is 0.503. The Morgan fingerprint density at radius 2 is 2.43 bits per heavy atom. The number of ether oxygens (including phenoxy) is 1. The van der Waals surface area contributed by atoms with Crippen molar-refractivity contribution in [2.24, 2.45) is 5.92 Å². The van der Waals surface area contributed by atoms with Crippen molar-refractivity contribution in [1.82, 2.24) is 4.90 Å². The van der Waals surface area contributed by atoms with Crippen LogP contribution in [0.1, 0.15) is 6.42 Å². The molecule has 1 fully saturated rings. The monoisotopic (exact) mass is 197 g/mol. The largest absolute Gasteiger partial charge is 0.499 e. The van der Waals surface area contributed by atoms with Gasteiger partial charge in [0.1, 0.15) is 5.76 Å². The molecule has 2 aliphatic rings. The van der Waals surface area contributed by atoms with Gasteiger partial charge in [0.15, 0.2) is 6.04 Å². The van der Waals surface area contributed by atoms with E-state index in [1.54, 1.807) is 6.08 Å². The molecule has 0 radical (unpaired) electrons. The lowest BCUT2D eigenvalue weighted by Crippen LogP contribution is -2.45. The van der Waals surface area contributed by atoms with Gasteiger partial charge in [0.25, 0.3) is 0 Å². The van der Waals surface area contributed by atoms with Gasteiger partial charge in [-0.15, -0.1) is 0 Å². The molecule has 1 unspecified atom stereocenters. The Morgan fingerprint density at radius 1 is 1.71 bits per heavy atom. The molecule has 0 saturated carbocycles. The molecule has 14 heavy (non-hydrogen) atoms. The van der Waals surface area contributed by atoms with E-state index < -0.39 is 12.0 Å². The average molecular weight is 197 g/mol. The maximum absolute atomic E-state index is 11.4. The van der Waals surface area contributed by atoms with E-state index in [2.05, 4.69) is 0 Å². The summed E-state index contributed by atoms with van der Waals surface area (Å²) >= 11 is 0. The molecule has 1 amide bonds. The maximum Gasteiger partial charge on any atom is 0.334 e. The van der Waals surface area contributed by atoms with Crippen molar-refractivity contribution in [1.29, 1.82) is 0 Å². The number of aliphatic carboxylic acids is 1. The Kier molecular flexibility index (Phi) is 1.94. The number of methoxy groups -OCH3 is 1. The normalized spacial score (nSPS) is 30.2. The van der Waals surface area contributed by atoms with Gasteiger partial charge >= 0.3 is 5.97 Å². The summed E-state index contributed by atoms with van der Waals surface area (Å²) in [5.41, 5.74) is 0. The zero-order valence-electron chi connectivity index (χ0n) is 7.77. The van der Waals surface area contributed by atoms with E-state index in [9.17, 15) is 9.59 Å². The lowest BCUT2D eigenvalue weighted by atomic mass is 10.0. The van der Waals surface area contributed by atoms with E-state index in [-0.39, 0.29) is 11.8 Å². The predicted octanol–water partition coefficient (Wildman–Crippen LogP) is -0.168. The molecule has 2 aliphatic heterocycles. The van der Waals surface area contributed by atoms with E-state index >= 15 is 0 Å². The Morgan fingerprint density at radius 3 is 3.00 bits per heavy atom. The number of hydrogen-bond donors (Lipinski definition) is 1. The van der Waals surface area contributed by atoms with Crippen LogP contribution in [0.3, 0.4) is 0 Å². The summed E-state index contributed by atoms with van der Waals surface area (Å²) in [5.74, 6) is -0.648. The molecule has 76 valence electrons. The van der Waals surface area contributed by atoms with Crippen LogP contribution in [-0.2, 0) is 14.3 Å². The SMILES string of the molecule is COC1=C[C@H]2CC(=O)N(C2)C1C(=O)O. The van der Waals surface area contributed by atoms with E-state index in [1.165, 1.54) is 12.0 Å². The molecular weight excluding hydrogens is 186 g/mol. The molecule has 2 bridgehead atoms. The third-order valence-electron chi connectivity index (χ3n) is 2.64. The first-order chi connectivity index (χ1) is 6.63. The summed E-state index contributed by atoms with van der Waals surface area (Å²) in [6.07, 6.45) is 2.15. The van der Waals surface area contributed by atoms with Gasteiger partial charge < -0.3 is 14.7 Å². The fourth-order valence-corrected chi connectivity index (χ4v) is 2.03. The average Bonchev–Trinajstić information content (AvgIpc) is 2.41. The summed E-state index contributed by atoms with van der Waals surface area (Å²) < 4.78 is 4.98. The van der Waals surface area contributed by atoms with Crippen LogP contribution in [-0.4, -0.2) is 41.6 Å². The number of nitrogens with zero attached hydrogens (tertiary/aromatic N) is 1. The van der Waals surface area contributed by atoms with Gasteiger partial charge in [0.2, 0.25) is 5.91 Å². The van der Waals surface area contributed by atoms with Crippen LogP contribution in [0.4, 0.5) is 0 Å². The Bertz CT molecular complexity index is 323. The van der Waals surface area contributed by atoms with E-state index in [1.807, 2.05) is 0 Å². The van der Waals surface area contributed by atoms with Crippen molar-refractivity contribution in [3.63, 3.8) is 0 Å². The van der Waals surface area contributed by atoms with E-state index in [4.69, 9.17) is 9.84 Å². The van der Waals surface area contributed by atoms with Crippen LogP contribution in [0.15, 0.2) is 11.8 Å². The Balaban J connectivity index is 2.35. The molecule has 0 aliphatic carbocycles. The quantitative estimate of drug-likeness (QED) is 0.667. The lowest BCUT2D eigenvalue weighted by Gasteiger charge is -2.28. The number of rotatable bonds is 2. The van der Waals surface area contributed by atoms with Crippen LogP contribution < -0.4 is 0 Å². The maximum atomic E-state index is 11.4. The van der Waals surface area contributed by atoms with Crippen LogP contribution in [0.25, 0.3) is 0 Å². The Labute approximate surface area is 80.9 Å². The Hall–Kier alpha value is -1.52. The van der Waals surface area contributed by atoms with Crippen molar-refractivity contribution in [3.05, 3.63) is 11.8 Å². The number of carbonyl (C=O) groups is 2. The summed E-state index contributed by atoms with van der Waals surface area (Å²) in [7, 11) is 1.43. The molecule has 2 atom stereocenters. The molecule has 1 saturated heterocycles. The summed E-state index contributed by atoms with van der Waals surface area (Å²) in [4.78, 5) is 23.7. The van der Waals surface area contributed by atoms with Gasteiger partial charge in [0.05, 0.1) is 7.11 Å². The second-order valence-corrected chi connectivity index (χ2v) is 3.52. The van der Waals surface area contributed by atoms with Crippen LogP contribution in [0.5, 0.6) is 0 Å². The van der Waals surface area contributed by atoms with Crippen molar-refractivity contribution < 1.29 is 19.4 Å². The van der Waals surface area contributed by atoms with Crippen LogP contribution >= 0.6 is 0 Å². The number of fused-ring (bicyclic) bond motifs is 2. The number of amides is 1. The smallest absolute Gasteiger partial charge is 0.334 e. The molecule has 0 aromatic carbocycles. The van der Waals surface area contributed by atoms with Crippen molar-refractivity contribution in [2.75, 3.05) is 13.7 Å². The standard InChI is InChI=1S/C9H11NO4/c1-14-6-2-5-3-7(11)10(4-5)8(6)9(12)13/h2,5,8H,3-4H2,1H3,(H,12,13)/t5-,8?/m0/s1. The zero-order valence-corrected chi connectivity index (χ0v) is 7.77. The lowest BCUT2D eigenvalue weighted by molar-refractivity contribution is -0.148. The number of hydrogen-bond acceptors (Lipinski definition) is 3. The van der Waals surface area contributed by atoms with Gasteiger partial charge in [-0.1, -0.05) is 0 Å². The van der Waals surface area contributed by atoms with Gasteiger partial charge in [0, 0.05) is 18.9 Å². The third kappa shape index (κ3) is 1.16. The first kappa shape index (κ1) is 9.05. The second kappa shape index (κ2) is 3.01. The second-order valence-electron chi connectivity index (χ2n) is 3.52. The summed E-state index contributed by atoms with van der Waals surface area (Å²) in [6, 6.07) is -0.925. The van der Waals surface area contributed by atoms with Gasteiger partial charge in [-0.25, -0.2) is 4.79 Å². The molecule has 5 heteroatoms. The van der Waals surface area contributed by atoms with E-state index in [0.717, 1.165) is 0 Å². The first-order valence-electron chi connectivity index (χ1n) is 4.41. The minimum atomic E-state index is -1.04. The van der Waals surface area contributed by atoms with Crippen molar-refractivity contribution in [3.8, 4) is 0 Å². The topological polar surface area (TPSA) is 66.8 Å². The highest BCUT2D eigenvalue weighted by molar-refractivity contribution is 5.88. The molecule has 2 rings (SSSR count). The van der Waals surface area contributed by atoms with Gasteiger partial charge in [-0.2, -0.15) is 0 Å². The molecule has 1 N–H and O–H groups in total. The van der Waals surface area contributed by atoms with Crippen LogP contribution in [0, 0.1) is 5.92 Å². The molecule has 2 heterocycles. The van der Waals surface area contributed by atoms with Gasteiger partial charge in [-0.05, 0) is 6.08 Å². The highest BCUT2D eigenvalue weighted by Crippen LogP contribution is 2.31. The highest BCUT2D eigenvalue weighted by atomic mass is 16.5. The molecule has 0 aromatic heterocycles. The highest BCUT2D eigenvalue weighted by Gasteiger charge is 2.43. The predicted molar refractivity (Wildman–Crippen MR) is 46.3 cm³/mol. The number of carboxylic acids is 1. The molecule has 5 nitrogen and oxygen atoms in total. The van der Waals surface area contributed by atoms with E-state index in [0.29, 0.717) is 18.7 Å². The zero-order chi connectivity index (χ0) is 10.3. The molecular formula is C9H11NO4. The van der Waals surface area contributed by atoms with Crippen LogP contribution in [0.2, 0.25) is 0 Å². The van der Waals surface area contributed by atoms with Crippen molar-refractivity contribution >= 4 is 11.9 Å². The minimum Gasteiger partial charge on any atom is -0.499 e. The van der Waals surface area contributed by atoms with Gasteiger partial charge in [-0.3, -0.25) is 4.79 Å². The fraction of sp³-hybridized carbons (Fsp3) is 0.556. The summed E-state index contributed by atoms with van der Waals surface area (Å²) in [5, 5.41) is 8.96. The fourth-order valence-electron chi connectivity index (χ4n) is 2.03. The molecule has 0 aromatic rings. The number of carbonyl (C=O) groups excluding carboxylic acids is 1. The van der Waals surface area contributed by atoms with Crippen molar-refractivity contribution in [2.45, 2.75) is 12.5 Å². The number of carboxylic acid groups (broad SMARTS) is 1. The molecule has 0 spiro atoms. The third-order valence-corrected chi connectivity index (χ3v) is 2.64.